The van der Waals surface area contributed by atoms with E-state index < -0.39 is 0 Å². The Balaban J connectivity index is 2.55. The van der Waals surface area contributed by atoms with Gasteiger partial charge < -0.3 is 9.47 Å². The first-order valence-corrected chi connectivity index (χ1v) is 4.44. The van der Waals surface area contributed by atoms with E-state index in [2.05, 4.69) is 13.8 Å². The molecule has 1 heterocycles. The molecule has 0 aromatic heterocycles. The second kappa shape index (κ2) is 3.11. The van der Waals surface area contributed by atoms with E-state index in [-0.39, 0.29) is 5.79 Å². The van der Waals surface area contributed by atoms with Crippen LogP contribution in [0.4, 0.5) is 0 Å². The molecule has 0 spiro atoms. The van der Waals surface area contributed by atoms with Gasteiger partial charge in [-0.25, -0.2) is 0 Å². The number of rotatable bonds is 2. The van der Waals surface area contributed by atoms with Gasteiger partial charge in [0.15, 0.2) is 5.79 Å². The molecule has 1 aliphatic heterocycles. The predicted octanol–water partition coefficient (Wildman–Crippen LogP) is 2.33. The van der Waals surface area contributed by atoms with Crippen molar-refractivity contribution >= 4 is 0 Å². The zero-order valence-electron chi connectivity index (χ0n) is 7.89. The second-order valence-corrected chi connectivity index (χ2v) is 3.53. The van der Waals surface area contributed by atoms with E-state index in [9.17, 15) is 0 Å². The van der Waals surface area contributed by atoms with E-state index in [1.165, 1.54) is 0 Å². The Kier molecular flexibility index (Phi) is 2.55. The Morgan fingerprint density at radius 3 is 1.64 bits per heavy atom. The molecule has 2 nitrogen and oxygen atoms in total. The third-order valence-corrected chi connectivity index (χ3v) is 2.09. The van der Waals surface area contributed by atoms with E-state index in [1.54, 1.807) is 0 Å². The summed E-state index contributed by atoms with van der Waals surface area (Å²) < 4.78 is 11.4. The van der Waals surface area contributed by atoms with Gasteiger partial charge in [0.2, 0.25) is 0 Å². The molecule has 2 atom stereocenters. The standard InChI is InChI=1S/C9H18O2/c1-5-7-8(6-2)11-9(3,4)10-7/h7-8H,5-6H2,1-4H3/t7-,8?/m0/s1. The molecule has 0 aliphatic carbocycles. The summed E-state index contributed by atoms with van der Waals surface area (Å²) in [5.41, 5.74) is 0. The first-order chi connectivity index (χ1) is 5.09. The van der Waals surface area contributed by atoms with Crippen LogP contribution in [0.2, 0.25) is 0 Å². The zero-order chi connectivity index (χ0) is 8.48. The minimum Gasteiger partial charge on any atom is -0.345 e. The SMILES string of the molecule is CCC1OC(C)(C)O[C@H]1CC. The van der Waals surface area contributed by atoms with Gasteiger partial charge in [-0.2, -0.15) is 0 Å². The second-order valence-electron chi connectivity index (χ2n) is 3.53. The first-order valence-electron chi connectivity index (χ1n) is 4.44. The largest absolute Gasteiger partial charge is 0.345 e. The van der Waals surface area contributed by atoms with Crippen molar-refractivity contribution in [3.8, 4) is 0 Å². The van der Waals surface area contributed by atoms with Crippen LogP contribution in [0.1, 0.15) is 40.5 Å². The lowest BCUT2D eigenvalue weighted by molar-refractivity contribution is -0.146. The van der Waals surface area contributed by atoms with Crippen molar-refractivity contribution in [2.75, 3.05) is 0 Å². The lowest BCUT2D eigenvalue weighted by Gasteiger charge is -2.16. The van der Waals surface area contributed by atoms with Crippen LogP contribution in [0.3, 0.4) is 0 Å². The highest BCUT2D eigenvalue weighted by molar-refractivity contribution is 4.79. The maximum Gasteiger partial charge on any atom is 0.163 e. The average molecular weight is 158 g/mol. The van der Waals surface area contributed by atoms with Crippen molar-refractivity contribution < 1.29 is 9.47 Å². The molecule has 0 saturated carbocycles. The average Bonchev–Trinajstić information content (AvgIpc) is 2.25. The minimum atomic E-state index is -0.360. The van der Waals surface area contributed by atoms with Crippen LogP contribution in [0.5, 0.6) is 0 Å². The van der Waals surface area contributed by atoms with Gasteiger partial charge >= 0.3 is 0 Å². The minimum absolute atomic E-state index is 0.301. The van der Waals surface area contributed by atoms with Gasteiger partial charge in [0.05, 0.1) is 12.2 Å². The van der Waals surface area contributed by atoms with Gasteiger partial charge in [0.1, 0.15) is 0 Å². The Bertz CT molecular complexity index is 118. The third-order valence-electron chi connectivity index (χ3n) is 2.09. The van der Waals surface area contributed by atoms with E-state index >= 15 is 0 Å². The smallest absolute Gasteiger partial charge is 0.163 e. The van der Waals surface area contributed by atoms with Crippen molar-refractivity contribution in [1.82, 2.24) is 0 Å². The van der Waals surface area contributed by atoms with Gasteiger partial charge in [-0.15, -0.1) is 0 Å². The monoisotopic (exact) mass is 158 g/mol. The van der Waals surface area contributed by atoms with E-state index in [4.69, 9.17) is 9.47 Å². The summed E-state index contributed by atoms with van der Waals surface area (Å²) >= 11 is 0. The van der Waals surface area contributed by atoms with E-state index in [0.717, 1.165) is 12.8 Å². The van der Waals surface area contributed by atoms with Gasteiger partial charge in [-0.05, 0) is 26.7 Å². The summed E-state index contributed by atoms with van der Waals surface area (Å²) in [5.74, 6) is -0.360. The van der Waals surface area contributed by atoms with Crippen molar-refractivity contribution in [3.63, 3.8) is 0 Å². The molecule has 1 aliphatic rings. The molecule has 0 N–H and O–H groups in total. The molecule has 66 valence electrons. The van der Waals surface area contributed by atoms with Gasteiger partial charge in [0, 0.05) is 0 Å². The molecule has 1 saturated heterocycles. The number of hydrogen-bond acceptors (Lipinski definition) is 2. The van der Waals surface area contributed by atoms with E-state index in [1.807, 2.05) is 13.8 Å². The van der Waals surface area contributed by atoms with Gasteiger partial charge in [0.25, 0.3) is 0 Å². The summed E-state index contributed by atoms with van der Waals surface area (Å²) in [5, 5.41) is 0. The van der Waals surface area contributed by atoms with Crippen LogP contribution in [0.15, 0.2) is 0 Å². The lowest BCUT2D eigenvalue weighted by Crippen LogP contribution is -2.21. The molecule has 11 heavy (non-hydrogen) atoms. The molecule has 2 heteroatoms. The highest BCUT2D eigenvalue weighted by atomic mass is 16.7. The molecular formula is C9H18O2. The topological polar surface area (TPSA) is 18.5 Å². The Hall–Kier alpha value is -0.0800. The molecular weight excluding hydrogens is 140 g/mol. The lowest BCUT2D eigenvalue weighted by atomic mass is 10.1. The first kappa shape index (κ1) is 9.01. The maximum atomic E-state index is 5.68. The fourth-order valence-corrected chi connectivity index (χ4v) is 1.60. The van der Waals surface area contributed by atoms with E-state index in [0.29, 0.717) is 12.2 Å². The molecule has 1 unspecified atom stereocenters. The van der Waals surface area contributed by atoms with Crippen LogP contribution in [-0.4, -0.2) is 18.0 Å². The highest BCUT2D eigenvalue weighted by Crippen LogP contribution is 2.30. The Labute approximate surface area is 68.9 Å². The Morgan fingerprint density at radius 1 is 1.00 bits per heavy atom. The normalized spacial score (nSPS) is 36.0. The van der Waals surface area contributed by atoms with Crippen LogP contribution in [0, 0.1) is 0 Å². The van der Waals surface area contributed by atoms with Crippen molar-refractivity contribution in [2.24, 2.45) is 0 Å². The summed E-state index contributed by atoms with van der Waals surface area (Å²) in [6.45, 7) is 8.23. The number of ether oxygens (including phenoxy) is 2. The zero-order valence-corrected chi connectivity index (χ0v) is 7.89. The fraction of sp³-hybridized carbons (Fsp3) is 1.00. The van der Waals surface area contributed by atoms with Crippen molar-refractivity contribution in [2.45, 2.75) is 58.5 Å². The third kappa shape index (κ3) is 1.94. The summed E-state index contributed by atoms with van der Waals surface area (Å²) in [7, 11) is 0. The molecule has 0 bridgehead atoms. The van der Waals surface area contributed by atoms with Crippen molar-refractivity contribution in [1.29, 1.82) is 0 Å². The van der Waals surface area contributed by atoms with Crippen molar-refractivity contribution in [3.05, 3.63) is 0 Å². The maximum absolute atomic E-state index is 5.68. The Morgan fingerprint density at radius 2 is 1.36 bits per heavy atom. The molecule has 0 aromatic carbocycles. The predicted molar refractivity (Wildman–Crippen MR) is 44.4 cm³/mol. The van der Waals surface area contributed by atoms with Crippen LogP contribution in [0.25, 0.3) is 0 Å². The molecule has 0 aromatic rings. The molecule has 1 rings (SSSR count). The van der Waals surface area contributed by atoms with Gasteiger partial charge in [-0.1, -0.05) is 13.8 Å². The highest BCUT2D eigenvalue weighted by Gasteiger charge is 2.38. The fourth-order valence-electron chi connectivity index (χ4n) is 1.60. The van der Waals surface area contributed by atoms with Crippen LogP contribution in [-0.2, 0) is 9.47 Å². The van der Waals surface area contributed by atoms with Crippen LogP contribution >= 0.6 is 0 Å². The molecule has 0 radical (unpaired) electrons. The molecule has 0 amide bonds. The quantitative estimate of drug-likeness (QED) is 0.614. The summed E-state index contributed by atoms with van der Waals surface area (Å²) in [6, 6.07) is 0. The number of hydrogen-bond donors (Lipinski definition) is 0. The molecule has 1 fully saturated rings. The summed E-state index contributed by atoms with van der Waals surface area (Å²) in [6.07, 6.45) is 2.69. The summed E-state index contributed by atoms with van der Waals surface area (Å²) in [4.78, 5) is 0. The van der Waals surface area contributed by atoms with Gasteiger partial charge in [-0.3, -0.25) is 0 Å². The van der Waals surface area contributed by atoms with Crippen LogP contribution < -0.4 is 0 Å².